The molecule has 1 saturated heterocycles. The fourth-order valence-corrected chi connectivity index (χ4v) is 8.29. The number of hydrogen-bond acceptors (Lipinski definition) is 7. The lowest BCUT2D eigenvalue weighted by Gasteiger charge is -2.37. The number of fused-ring (bicyclic) bond motifs is 5. The van der Waals surface area contributed by atoms with E-state index in [1.807, 2.05) is 29.2 Å². The molecule has 0 bridgehead atoms. The number of nitrogens with zero attached hydrogens (tertiary/aromatic N) is 5. The first-order valence-corrected chi connectivity index (χ1v) is 18.1. The number of carbonyl (C=O) groups is 3. The molecule has 0 radical (unpaired) electrons. The number of hydrogen-bond donors (Lipinski definition) is 1. The highest BCUT2D eigenvalue weighted by molar-refractivity contribution is 7.87. The van der Waals surface area contributed by atoms with Crippen LogP contribution in [0, 0.1) is 5.92 Å². The zero-order valence-electron chi connectivity index (χ0n) is 28.4. The lowest BCUT2D eigenvalue weighted by atomic mass is 9.73. The van der Waals surface area contributed by atoms with Crippen LogP contribution in [-0.2, 0) is 15.0 Å². The smallest absolute Gasteiger partial charge is 0.319 e. The molecule has 258 valence electrons. The Morgan fingerprint density at radius 2 is 1.54 bits per heavy atom. The highest BCUT2D eigenvalue weighted by atomic mass is 32.2. The molecule has 0 aromatic heterocycles. The number of benzene rings is 2. The van der Waals surface area contributed by atoms with Crippen molar-refractivity contribution in [1.29, 1.82) is 0 Å². The quantitative estimate of drug-likeness (QED) is 0.495. The van der Waals surface area contributed by atoms with Gasteiger partial charge in [0.15, 0.2) is 0 Å². The Bertz CT molecular complexity index is 1730. The van der Waals surface area contributed by atoms with Gasteiger partial charge < -0.3 is 24.3 Å². The van der Waals surface area contributed by atoms with Crippen molar-refractivity contribution in [3.63, 3.8) is 0 Å². The van der Waals surface area contributed by atoms with Gasteiger partial charge in [0.1, 0.15) is 5.75 Å². The SMILES string of the molecule is COc1ccc2c(c1)C=C(C(=O)N1CCN(C(=O)N(C)C)CC1)CN1c3cc(C(=O)NS(=O)(=O)N(C)C)ccc3C(C3CCCCC3)C21. The molecule has 2 aromatic carbocycles. The Morgan fingerprint density at radius 3 is 2.19 bits per heavy atom. The maximum absolute atomic E-state index is 14.3. The molecule has 0 spiro atoms. The molecule has 2 aromatic rings. The predicted octanol–water partition coefficient (Wildman–Crippen LogP) is 3.68. The molecule has 4 amide bonds. The Kier molecular flexibility index (Phi) is 9.45. The molecular weight excluding hydrogens is 632 g/mol. The molecule has 3 aliphatic heterocycles. The molecule has 12 nitrogen and oxygen atoms in total. The van der Waals surface area contributed by atoms with Crippen LogP contribution in [-0.4, -0.2) is 113 Å². The number of carbonyl (C=O) groups excluding carboxylic acids is 3. The fraction of sp³-hybridized carbons (Fsp3) is 0.514. The normalized spacial score (nSPS) is 21.1. The number of anilines is 1. The molecule has 1 aliphatic carbocycles. The van der Waals surface area contributed by atoms with Crippen molar-refractivity contribution >= 4 is 39.8 Å². The van der Waals surface area contributed by atoms with Crippen molar-refractivity contribution in [3.05, 3.63) is 64.2 Å². The van der Waals surface area contributed by atoms with Crippen molar-refractivity contribution in [2.24, 2.45) is 5.92 Å². The van der Waals surface area contributed by atoms with Gasteiger partial charge in [-0.15, -0.1) is 0 Å². The van der Waals surface area contributed by atoms with Gasteiger partial charge in [0.25, 0.3) is 11.8 Å². The van der Waals surface area contributed by atoms with E-state index < -0.39 is 16.1 Å². The van der Waals surface area contributed by atoms with Crippen LogP contribution >= 0.6 is 0 Å². The van der Waals surface area contributed by atoms with E-state index in [2.05, 4.69) is 15.7 Å². The summed E-state index contributed by atoms with van der Waals surface area (Å²) in [5.74, 6) is 0.442. The maximum atomic E-state index is 14.3. The van der Waals surface area contributed by atoms with Crippen molar-refractivity contribution in [2.45, 2.75) is 44.1 Å². The van der Waals surface area contributed by atoms with E-state index in [9.17, 15) is 22.8 Å². The van der Waals surface area contributed by atoms with Gasteiger partial charge in [0.2, 0.25) is 0 Å². The molecular formula is C35H46N6O6S. The van der Waals surface area contributed by atoms with Crippen molar-refractivity contribution in [2.75, 3.05) is 72.9 Å². The zero-order valence-corrected chi connectivity index (χ0v) is 29.3. The molecule has 48 heavy (non-hydrogen) atoms. The van der Waals surface area contributed by atoms with Gasteiger partial charge in [0.05, 0.1) is 13.2 Å². The van der Waals surface area contributed by atoms with Crippen LogP contribution in [0.4, 0.5) is 10.5 Å². The van der Waals surface area contributed by atoms with Crippen LogP contribution in [0.25, 0.3) is 6.08 Å². The van der Waals surface area contributed by atoms with Gasteiger partial charge in [0, 0.05) is 83.7 Å². The van der Waals surface area contributed by atoms with E-state index in [0.717, 1.165) is 52.4 Å². The summed E-state index contributed by atoms with van der Waals surface area (Å²) in [6.45, 7) is 2.07. The summed E-state index contributed by atoms with van der Waals surface area (Å²) in [5.41, 5.74) is 4.82. The molecule has 2 atom stereocenters. The third kappa shape index (κ3) is 6.37. The minimum absolute atomic E-state index is 0.0692. The van der Waals surface area contributed by atoms with Crippen LogP contribution in [0.3, 0.4) is 0 Å². The summed E-state index contributed by atoms with van der Waals surface area (Å²) in [4.78, 5) is 47.5. The lowest BCUT2D eigenvalue weighted by Crippen LogP contribution is -2.53. The molecule has 3 heterocycles. The molecule has 2 fully saturated rings. The molecule has 6 rings (SSSR count). The highest BCUT2D eigenvalue weighted by Gasteiger charge is 2.46. The topological polar surface area (TPSA) is 123 Å². The molecule has 2 unspecified atom stereocenters. The third-order valence-electron chi connectivity index (χ3n) is 10.3. The van der Waals surface area contributed by atoms with Gasteiger partial charge in [-0.2, -0.15) is 12.7 Å². The van der Waals surface area contributed by atoms with Crippen LogP contribution < -0.4 is 14.4 Å². The lowest BCUT2D eigenvalue weighted by molar-refractivity contribution is -0.128. The molecule has 1 saturated carbocycles. The molecule has 13 heteroatoms. The monoisotopic (exact) mass is 678 g/mol. The van der Waals surface area contributed by atoms with E-state index in [1.54, 1.807) is 43.1 Å². The second-order valence-electron chi connectivity index (χ2n) is 13.6. The largest absolute Gasteiger partial charge is 0.497 e. The minimum atomic E-state index is -3.99. The number of piperazine rings is 1. The van der Waals surface area contributed by atoms with E-state index in [1.165, 1.54) is 20.5 Å². The average molecular weight is 679 g/mol. The van der Waals surface area contributed by atoms with Gasteiger partial charge in [-0.1, -0.05) is 31.4 Å². The number of rotatable bonds is 6. The number of amides is 4. The number of nitrogens with one attached hydrogen (secondary N) is 1. The summed E-state index contributed by atoms with van der Waals surface area (Å²) >= 11 is 0. The van der Waals surface area contributed by atoms with Gasteiger partial charge >= 0.3 is 16.2 Å². The zero-order chi connectivity index (χ0) is 34.3. The Morgan fingerprint density at radius 1 is 0.875 bits per heavy atom. The Balaban J connectivity index is 1.41. The van der Waals surface area contributed by atoms with E-state index in [4.69, 9.17) is 4.74 Å². The van der Waals surface area contributed by atoms with Crippen molar-refractivity contribution < 1.29 is 27.5 Å². The molecule has 1 N–H and O–H groups in total. The first kappa shape index (κ1) is 33.8. The minimum Gasteiger partial charge on any atom is -0.497 e. The number of urea groups is 1. The molecule has 4 aliphatic rings. The van der Waals surface area contributed by atoms with Crippen LogP contribution in [0.2, 0.25) is 0 Å². The average Bonchev–Trinajstić information content (AvgIpc) is 3.29. The summed E-state index contributed by atoms with van der Waals surface area (Å²) in [5, 5.41) is 0. The van der Waals surface area contributed by atoms with E-state index in [0.29, 0.717) is 50.0 Å². The van der Waals surface area contributed by atoms with Gasteiger partial charge in [-0.05, 0) is 65.8 Å². The summed E-state index contributed by atoms with van der Waals surface area (Å²) in [7, 11) is 3.83. The number of ether oxygens (including phenoxy) is 1. The number of methoxy groups -OCH3 is 1. The van der Waals surface area contributed by atoms with Gasteiger partial charge in [-0.3, -0.25) is 9.59 Å². The first-order chi connectivity index (χ1) is 22.9. The van der Waals surface area contributed by atoms with Crippen LogP contribution in [0.5, 0.6) is 5.75 Å². The highest BCUT2D eigenvalue weighted by Crippen LogP contribution is 2.57. The van der Waals surface area contributed by atoms with Gasteiger partial charge in [-0.25, -0.2) is 9.52 Å². The van der Waals surface area contributed by atoms with Crippen molar-refractivity contribution in [3.8, 4) is 5.75 Å². The van der Waals surface area contributed by atoms with E-state index >= 15 is 0 Å². The fourth-order valence-electron chi connectivity index (χ4n) is 7.75. The van der Waals surface area contributed by atoms with E-state index in [-0.39, 0.29) is 29.5 Å². The Hall–Kier alpha value is -4.10. The summed E-state index contributed by atoms with van der Waals surface area (Å²) in [6.07, 6.45) is 7.70. The van der Waals surface area contributed by atoms with Crippen LogP contribution in [0.15, 0.2) is 42.0 Å². The maximum Gasteiger partial charge on any atom is 0.319 e. The summed E-state index contributed by atoms with van der Waals surface area (Å²) in [6, 6.07) is 11.4. The first-order valence-electron chi connectivity index (χ1n) is 16.7. The summed E-state index contributed by atoms with van der Waals surface area (Å²) < 4.78 is 33.8. The predicted molar refractivity (Wildman–Crippen MR) is 184 cm³/mol. The standard InChI is InChI=1S/C35H46N6O6S/c1-37(2)35(44)40-17-15-39(16-18-40)34(43)26-19-25-20-27(47-5)12-14-28(25)32-31(23-9-7-6-8-10-23)29-13-11-24(21-30(29)41(32)22-26)33(42)36-48(45,46)38(3)4/h11-14,19-21,23,31-32H,6-10,15-18,22H2,1-5H3,(H,36,42). The third-order valence-corrected chi connectivity index (χ3v) is 11.7. The second kappa shape index (κ2) is 13.4. The van der Waals surface area contributed by atoms with Crippen LogP contribution in [0.1, 0.15) is 71.1 Å². The van der Waals surface area contributed by atoms with Crippen molar-refractivity contribution in [1.82, 2.24) is 23.7 Å². The Labute approximate surface area is 283 Å². The second-order valence-corrected chi connectivity index (χ2v) is 15.5.